The van der Waals surface area contributed by atoms with Crippen LogP contribution in [0.3, 0.4) is 0 Å². The SMILES string of the molecule is c1ccc(-c2c(-c3ccccc3)c3cc(-c4ccccc4N(c4ccc(-c5ccc6ccccc6c5)cc4)c4cccc(-c5cccc6c5oc5ccccc56)c4)ccc3c3ccccc23)cc1. The van der Waals surface area contributed by atoms with Gasteiger partial charge in [0.15, 0.2) is 0 Å². The average Bonchev–Trinajstić information content (AvgIpc) is 3.80. The lowest BCUT2D eigenvalue weighted by Gasteiger charge is -2.29. The van der Waals surface area contributed by atoms with Crippen LogP contribution in [0, 0.1) is 0 Å². The molecule has 0 aliphatic rings. The lowest BCUT2D eigenvalue weighted by atomic mass is 9.84. The van der Waals surface area contributed by atoms with Gasteiger partial charge in [0.05, 0.1) is 5.69 Å². The second-order valence-corrected chi connectivity index (χ2v) is 17.6. The van der Waals surface area contributed by atoms with Gasteiger partial charge in [-0.3, -0.25) is 0 Å². The first-order valence-corrected chi connectivity index (χ1v) is 23.3. The lowest BCUT2D eigenvalue weighted by molar-refractivity contribution is 0.670. The molecule has 0 unspecified atom stereocenters. The second kappa shape index (κ2) is 16.5. The van der Waals surface area contributed by atoms with Crippen LogP contribution in [0.4, 0.5) is 17.1 Å². The van der Waals surface area contributed by atoms with Gasteiger partial charge in [-0.25, -0.2) is 0 Å². The number of para-hydroxylation sites is 3. The van der Waals surface area contributed by atoms with Crippen LogP contribution in [-0.4, -0.2) is 0 Å². The van der Waals surface area contributed by atoms with E-state index in [1.54, 1.807) is 0 Å². The first kappa shape index (κ1) is 39.4. The molecule has 1 aromatic heterocycles. The second-order valence-electron chi connectivity index (χ2n) is 17.6. The third-order valence-electron chi connectivity index (χ3n) is 13.6. The Labute approximate surface area is 395 Å². The predicted octanol–water partition coefficient (Wildman–Crippen LogP) is 18.9. The molecule has 1 heterocycles. The molecule has 13 rings (SSSR count). The molecule has 318 valence electrons. The van der Waals surface area contributed by atoms with Crippen LogP contribution in [0.2, 0.25) is 0 Å². The Kier molecular flexibility index (Phi) is 9.54. The Balaban J connectivity index is 1.02. The van der Waals surface area contributed by atoms with Crippen molar-refractivity contribution < 1.29 is 4.42 Å². The maximum atomic E-state index is 6.59. The molecule has 0 radical (unpaired) electrons. The zero-order valence-corrected chi connectivity index (χ0v) is 37.2. The van der Waals surface area contributed by atoms with Crippen molar-refractivity contribution in [3.8, 4) is 55.6 Å². The van der Waals surface area contributed by atoms with Gasteiger partial charge in [-0.15, -0.1) is 0 Å². The topological polar surface area (TPSA) is 16.4 Å². The summed E-state index contributed by atoms with van der Waals surface area (Å²) in [7, 11) is 0. The van der Waals surface area contributed by atoms with Crippen molar-refractivity contribution in [2.45, 2.75) is 0 Å². The largest absolute Gasteiger partial charge is 0.455 e. The molecule has 13 aromatic rings. The molecule has 68 heavy (non-hydrogen) atoms. The van der Waals surface area contributed by atoms with E-state index in [1.165, 1.54) is 65.7 Å². The summed E-state index contributed by atoms with van der Waals surface area (Å²) in [6.45, 7) is 0. The van der Waals surface area contributed by atoms with Crippen molar-refractivity contribution in [3.05, 3.63) is 261 Å². The lowest BCUT2D eigenvalue weighted by Crippen LogP contribution is -2.11. The van der Waals surface area contributed by atoms with Gasteiger partial charge < -0.3 is 9.32 Å². The minimum absolute atomic E-state index is 0.892. The fourth-order valence-corrected chi connectivity index (χ4v) is 10.5. The Bertz CT molecular complexity index is 4020. The molecule has 2 heteroatoms. The van der Waals surface area contributed by atoms with Gasteiger partial charge in [-0.2, -0.15) is 0 Å². The fourth-order valence-electron chi connectivity index (χ4n) is 10.5. The van der Waals surface area contributed by atoms with E-state index in [2.05, 4.69) is 260 Å². The van der Waals surface area contributed by atoms with Crippen molar-refractivity contribution in [1.82, 2.24) is 0 Å². The maximum Gasteiger partial charge on any atom is 0.143 e. The van der Waals surface area contributed by atoms with Crippen LogP contribution in [0.1, 0.15) is 0 Å². The highest BCUT2D eigenvalue weighted by atomic mass is 16.3. The first-order valence-electron chi connectivity index (χ1n) is 23.3. The molecule has 0 spiro atoms. The van der Waals surface area contributed by atoms with Gasteiger partial charge in [0.2, 0.25) is 0 Å². The van der Waals surface area contributed by atoms with Crippen molar-refractivity contribution in [2.75, 3.05) is 4.90 Å². The summed E-state index contributed by atoms with van der Waals surface area (Å²) >= 11 is 0. The number of anilines is 3. The highest BCUT2D eigenvalue weighted by molar-refractivity contribution is 6.22. The predicted molar refractivity (Wildman–Crippen MR) is 288 cm³/mol. The summed E-state index contributed by atoms with van der Waals surface area (Å²) in [6.07, 6.45) is 0. The average molecular weight is 866 g/mol. The van der Waals surface area contributed by atoms with Crippen molar-refractivity contribution in [2.24, 2.45) is 0 Å². The van der Waals surface area contributed by atoms with Crippen LogP contribution in [0.15, 0.2) is 265 Å². The third-order valence-corrected chi connectivity index (χ3v) is 13.6. The Hall–Kier alpha value is -8.98. The zero-order valence-electron chi connectivity index (χ0n) is 37.2. The van der Waals surface area contributed by atoms with E-state index in [-0.39, 0.29) is 0 Å². The minimum atomic E-state index is 0.892. The molecular formula is C66H43NO. The Morgan fingerprint density at radius 1 is 0.265 bits per heavy atom. The zero-order chi connectivity index (χ0) is 45.0. The van der Waals surface area contributed by atoms with Gasteiger partial charge in [0, 0.05) is 33.3 Å². The van der Waals surface area contributed by atoms with Crippen molar-refractivity contribution >= 4 is 71.3 Å². The normalized spacial score (nSPS) is 11.5. The van der Waals surface area contributed by atoms with E-state index in [9.17, 15) is 0 Å². The van der Waals surface area contributed by atoms with E-state index in [0.29, 0.717) is 0 Å². The Morgan fingerprint density at radius 2 is 0.824 bits per heavy atom. The van der Waals surface area contributed by atoms with Crippen molar-refractivity contribution in [3.63, 3.8) is 0 Å². The molecule has 0 saturated heterocycles. The molecule has 0 aliphatic heterocycles. The van der Waals surface area contributed by atoms with E-state index >= 15 is 0 Å². The van der Waals surface area contributed by atoms with Gasteiger partial charge in [-0.05, 0) is 125 Å². The Morgan fingerprint density at radius 3 is 1.63 bits per heavy atom. The van der Waals surface area contributed by atoms with E-state index in [1.807, 2.05) is 6.07 Å². The van der Waals surface area contributed by atoms with Crippen LogP contribution < -0.4 is 4.90 Å². The number of furan rings is 1. The van der Waals surface area contributed by atoms with Gasteiger partial charge in [0.25, 0.3) is 0 Å². The molecule has 0 atom stereocenters. The fraction of sp³-hybridized carbons (Fsp3) is 0. The van der Waals surface area contributed by atoms with Gasteiger partial charge in [0.1, 0.15) is 11.2 Å². The monoisotopic (exact) mass is 865 g/mol. The molecule has 0 saturated carbocycles. The molecule has 2 nitrogen and oxygen atoms in total. The summed E-state index contributed by atoms with van der Waals surface area (Å²) in [4.78, 5) is 2.42. The quantitative estimate of drug-likeness (QED) is 0.142. The summed E-state index contributed by atoms with van der Waals surface area (Å²) in [6, 6.07) is 94.6. The van der Waals surface area contributed by atoms with E-state index in [4.69, 9.17) is 4.42 Å². The first-order chi connectivity index (χ1) is 33.7. The van der Waals surface area contributed by atoms with E-state index < -0.39 is 0 Å². The van der Waals surface area contributed by atoms with Crippen LogP contribution in [-0.2, 0) is 0 Å². The number of benzene rings is 12. The summed E-state index contributed by atoms with van der Waals surface area (Å²) in [5.41, 5.74) is 16.6. The molecular weight excluding hydrogens is 823 g/mol. The summed E-state index contributed by atoms with van der Waals surface area (Å²) < 4.78 is 6.59. The minimum Gasteiger partial charge on any atom is -0.455 e. The number of rotatable bonds is 8. The molecule has 12 aromatic carbocycles. The van der Waals surface area contributed by atoms with Crippen LogP contribution >= 0.6 is 0 Å². The summed E-state index contributed by atoms with van der Waals surface area (Å²) in [5.74, 6) is 0. The number of hydrogen-bond acceptors (Lipinski definition) is 2. The van der Waals surface area contributed by atoms with Crippen LogP contribution in [0.5, 0.6) is 0 Å². The third kappa shape index (κ3) is 6.73. The standard InChI is InChI=1S/C66H43NO/c1-3-18-46(19-4-1)64-59-28-10-9-26-56(59)57-40-37-51(43-61(57)65(64)47-20-5-2-6-21-47)54-25-11-13-31-62(54)67(52-38-35-45(36-39-52)49-34-33-44-17-7-8-22-48(44)41-49)53-24-15-23-50(42-53)55-29-16-30-60-58-27-12-14-32-63(58)68-66(55)60/h1-43H. The van der Waals surface area contributed by atoms with Crippen molar-refractivity contribution in [1.29, 1.82) is 0 Å². The molecule has 0 fully saturated rings. The molecule has 0 bridgehead atoms. The highest BCUT2D eigenvalue weighted by Crippen LogP contribution is 2.48. The maximum absolute atomic E-state index is 6.59. The highest BCUT2D eigenvalue weighted by Gasteiger charge is 2.22. The van der Waals surface area contributed by atoms with E-state index in [0.717, 1.165) is 61.3 Å². The molecule has 0 amide bonds. The molecule has 0 aliphatic carbocycles. The number of fused-ring (bicyclic) bond motifs is 7. The number of hydrogen-bond donors (Lipinski definition) is 0. The summed E-state index contributed by atoms with van der Waals surface area (Å²) in [5, 5.41) is 9.64. The van der Waals surface area contributed by atoms with Gasteiger partial charge >= 0.3 is 0 Å². The van der Waals surface area contributed by atoms with Crippen LogP contribution in [0.25, 0.3) is 110 Å². The smallest absolute Gasteiger partial charge is 0.143 e. The molecule has 0 N–H and O–H groups in total. The number of nitrogens with zero attached hydrogens (tertiary/aromatic N) is 1. The van der Waals surface area contributed by atoms with Gasteiger partial charge in [-0.1, -0.05) is 212 Å².